The molecule has 0 fully saturated rings. The van der Waals surface area contributed by atoms with Crippen molar-refractivity contribution < 1.29 is 0 Å². The maximum absolute atomic E-state index is 4.85. The van der Waals surface area contributed by atoms with E-state index in [9.17, 15) is 0 Å². The van der Waals surface area contributed by atoms with Crippen molar-refractivity contribution in [2.24, 2.45) is 4.99 Å². The Morgan fingerprint density at radius 1 is 0.862 bits per heavy atom. The summed E-state index contributed by atoms with van der Waals surface area (Å²) in [6, 6.07) is 27.3. The van der Waals surface area contributed by atoms with E-state index < -0.39 is 0 Å². The summed E-state index contributed by atoms with van der Waals surface area (Å²) in [5.41, 5.74) is 5.26. The topological polar surface area (TPSA) is 42.2 Å². The maximum Gasteiger partial charge on any atom is 0.207 e. The molecule has 0 aliphatic rings. The van der Waals surface area contributed by atoms with Crippen LogP contribution in [0.3, 0.4) is 0 Å². The van der Waals surface area contributed by atoms with Gasteiger partial charge in [-0.05, 0) is 38.1 Å². The minimum absolute atomic E-state index is 0.686. The van der Waals surface area contributed by atoms with Crippen molar-refractivity contribution in [3.63, 3.8) is 0 Å². The van der Waals surface area contributed by atoms with Crippen molar-refractivity contribution in [3.8, 4) is 0 Å². The Morgan fingerprint density at radius 3 is 2.10 bits per heavy atom. The predicted octanol–water partition coefficient (Wildman–Crippen LogP) is 5.99. The highest BCUT2D eigenvalue weighted by Crippen LogP contribution is 2.30. The molecule has 142 valence electrons. The molecule has 0 saturated heterocycles. The second-order valence-electron chi connectivity index (χ2n) is 7.12. The lowest BCUT2D eigenvalue weighted by molar-refractivity contribution is 1.09. The fourth-order valence-electron chi connectivity index (χ4n) is 4.00. The standard InChI is InChI=1S/C25H22N4/c1-3-26-25(28-22-16-17(2)27-21-13-7-4-12-20(21)22)29-23-14-8-5-10-18(23)19-11-6-9-15-24(19)29/h4-16H,3H2,1-2H3,(H,26,27,28). The smallest absolute Gasteiger partial charge is 0.207 e. The monoisotopic (exact) mass is 378 g/mol. The number of aromatic nitrogens is 2. The molecule has 0 bridgehead atoms. The van der Waals surface area contributed by atoms with Crippen LogP contribution in [0.15, 0.2) is 83.9 Å². The summed E-state index contributed by atoms with van der Waals surface area (Å²) in [5, 5.41) is 7.16. The van der Waals surface area contributed by atoms with Gasteiger partial charge in [-0.15, -0.1) is 0 Å². The average molecular weight is 378 g/mol. The molecule has 0 spiro atoms. The number of nitrogens with one attached hydrogen (secondary N) is 1. The fraction of sp³-hybridized carbons (Fsp3) is 0.120. The molecule has 0 amide bonds. The molecule has 5 aromatic rings. The molecule has 0 aliphatic heterocycles. The molecule has 5 rings (SSSR count). The van der Waals surface area contributed by atoms with Crippen LogP contribution in [0.4, 0.5) is 5.69 Å². The van der Waals surface area contributed by atoms with E-state index in [4.69, 9.17) is 4.99 Å². The van der Waals surface area contributed by atoms with E-state index in [1.54, 1.807) is 0 Å². The zero-order valence-electron chi connectivity index (χ0n) is 16.6. The number of hydrogen-bond donors (Lipinski definition) is 1. The summed E-state index contributed by atoms with van der Waals surface area (Å²) in [5.74, 6) is 0.820. The lowest BCUT2D eigenvalue weighted by atomic mass is 10.1. The molecule has 0 unspecified atom stereocenters. The fourth-order valence-corrected chi connectivity index (χ4v) is 4.00. The minimum Gasteiger partial charge on any atom is -0.325 e. The lowest BCUT2D eigenvalue weighted by Crippen LogP contribution is -2.22. The molecule has 3 aromatic carbocycles. The summed E-state index contributed by atoms with van der Waals surface area (Å²) >= 11 is 0. The van der Waals surface area contributed by atoms with Gasteiger partial charge in [0.1, 0.15) is 0 Å². The average Bonchev–Trinajstić information content (AvgIpc) is 3.08. The van der Waals surface area contributed by atoms with Crippen LogP contribution < -0.4 is 5.32 Å². The van der Waals surface area contributed by atoms with E-state index in [-0.39, 0.29) is 0 Å². The quantitative estimate of drug-likeness (QED) is 0.303. The van der Waals surface area contributed by atoms with Gasteiger partial charge in [0.15, 0.2) is 0 Å². The van der Waals surface area contributed by atoms with Gasteiger partial charge in [-0.25, -0.2) is 0 Å². The highest BCUT2D eigenvalue weighted by Gasteiger charge is 2.15. The van der Waals surface area contributed by atoms with E-state index in [0.717, 1.165) is 39.3 Å². The van der Waals surface area contributed by atoms with Gasteiger partial charge in [0, 0.05) is 28.4 Å². The lowest BCUT2D eigenvalue weighted by Gasteiger charge is -2.16. The van der Waals surface area contributed by atoms with Gasteiger partial charge >= 0.3 is 0 Å². The summed E-state index contributed by atoms with van der Waals surface area (Å²) in [7, 11) is 0. The molecular formula is C25H22N4. The van der Waals surface area contributed by atoms with Crippen LogP contribution in [0, 0.1) is 6.92 Å². The Kier molecular flexibility index (Phi) is 4.24. The van der Waals surface area contributed by atoms with E-state index in [1.807, 2.05) is 25.1 Å². The first kappa shape index (κ1) is 17.4. The third-order valence-corrected chi connectivity index (χ3v) is 5.19. The van der Waals surface area contributed by atoms with Crippen LogP contribution >= 0.6 is 0 Å². The zero-order chi connectivity index (χ0) is 19.8. The Balaban J connectivity index is 1.75. The second kappa shape index (κ2) is 7.06. The van der Waals surface area contributed by atoms with Crippen molar-refractivity contribution in [3.05, 3.63) is 84.6 Å². The number of fused-ring (bicyclic) bond motifs is 4. The largest absolute Gasteiger partial charge is 0.325 e. The summed E-state index contributed by atoms with van der Waals surface area (Å²) < 4.78 is 2.22. The number of benzene rings is 3. The normalized spacial score (nSPS) is 12.1. The number of hydrogen-bond acceptors (Lipinski definition) is 2. The van der Waals surface area contributed by atoms with Crippen molar-refractivity contribution >= 4 is 44.4 Å². The Labute approximate surface area is 169 Å². The highest BCUT2D eigenvalue weighted by atomic mass is 15.2. The number of pyridine rings is 1. The van der Waals surface area contributed by atoms with E-state index in [0.29, 0.717) is 6.54 Å². The minimum atomic E-state index is 0.686. The Morgan fingerprint density at radius 2 is 1.45 bits per heavy atom. The van der Waals surface area contributed by atoms with Crippen LogP contribution in [0.5, 0.6) is 0 Å². The maximum atomic E-state index is 4.85. The van der Waals surface area contributed by atoms with Crippen LogP contribution in [-0.2, 0) is 0 Å². The first-order chi connectivity index (χ1) is 14.3. The first-order valence-electron chi connectivity index (χ1n) is 9.92. The molecule has 0 saturated carbocycles. The molecular weight excluding hydrogens is 356 g/mol. The van der Waals surface area contributed by atoms with Crippen LogP contribution in [0.25, 0.3) is 32.7 Å². The number of aryl methyl sites for hydroxylation is 1. The van der Waals surface area contributed by atoms with Gasteiger partial charge in [-0.3, -0.25) is 14.5 Å². The van der Waals surface area contributed by atoms with Gasteiger partial charge < -0.3 is 5.32 Å². The Bertz CT molecular complexity index is 1320. The number of nitrogens with zero attached hydrogens (tertiary/aromatic N) is 3. The molecule has 0 radical (unpaired) electrons. The molecule has 0 atom stereocenters. The second-order valence-corrected chi connectivity index (χ2v) is 7.12. The van der Waals surface area contributed by atoms with Crippen LogP contribution in [0.2, 0.25) is 0 Å². The summed E-state index contributed by atoms with van der Waals surface area (Å²) in [4.78, 5) is 9.51. The molecule has 2 aromatic heterocycles. The predicted molar refractivity (Wildman–Crippen MR) is 123 cm³/mol. The van der Waals surface area contributed by atoms with Crippen LogP contribution in [-0.4, -0.2) is 22.1 Å². The van der Waals surface area contributed by atoms with E-state index in [1.165, 1.54) is 10.8 Å². The van der Waals surface area contributed by atoms with Crippen molar-refractivity contribution in [2.75, 3.05) is 11.9 Å². The van der Waals surface area contributed by atoms with Gasteiger partial charge in [-0.1, -0.05) is 54.6 Å². The highest BCUT2D eigenvalue weighted by molar-refractivity contribution is 6.16. The van der Waals surface area contributed by atoms with Gasteiger partial charge in [0.2, 0.25) is 5.96 Å². The molecule has 1 N–H and O–H groups in total. The first-order valence-corrected chi connectivity index (χ1v) is 9.92. The third kappa shape index (κ3) is 2.93. The molecule has 4 heteroatoms. The number of rotatable bonds is 2. The zero-order valence-corrected chi connectivity index (χ0v) is 16.6. The third-order valence-electron chi connectivity index (χ3n) is 5.19. The SMILES string of the molecule is CCN=C(Nc1cc(C)nc2ccccc12)n1c2ccccc2c2ccccc21. The molecule has 2 heterocycles. The number of aliphatic imine (C=N–C) groups is 1. The van der Waals surface area contributed by atoms with E-state index in [2.05, 4.69) is 82.5 Å². The van der Waals surface area contributed by atoms with Crippen LogP contribution in [0.1, 0.15) is 12.6 Å². The molecule has 29 heavy (non-hydrogen) atoms. The van der Waals surface area contributed by atoms with Gasteiger partial charge in [0.05, 0.1) is 22.2 Å². The molecule has 4 nitrogen and oxygen atoms in total. The van der Waals surface area contributed by atoms with Crippen molar-refractivity contribution in [2.45, 2.75) is 13.8 Å². The Hall–Kier alpha value is -3.66. The van der Waals surface area contributed by atoms with Crippen molar-refractivity contribution in [1.82, 2.24) is 9.55 Å². The number of anilines is 1. The van der Waals surface area contributed by atoms with Gasteiger partial charge in [-0.2, -0.15) is 0 Å². The van der Waals surface area contributed by atoms with E-state index >= 15 is 0 Å². The van der Waals surface area contributed by atoms with Crippen molar-refractivity contribution in [1.29, 1.82) is 0 Å². The number of para-hydroxylation sites is 3. The molecule has 0 aliphatic carbocycles. The summed E-state index contributed by atoms with van der Waals surface area (Å²) in [6.07, 6.45) is 0. The summed E-state index contributed by atoms with van der Waals surface area (Å²) in [6.45, 7) is 4.77. The van der Waals surface area contributed by atoms with Gasteiger partial charge in [0.25, 0.3) is 0 Å².